The molecule has 2 saturated heterocycles. The van der Waals surface area contributed by atoms with Crippen LogP contribution in [0.15, 0.2) is 35.2 Å². The predicted molar refractivity (Wildman–Crippen MR) is 130 cm³/mol. The van der Waals surface area contributed by atoms with Gasteiger partial charge in [0, 0.05) is 30.7 Å². The Morgan fingerprint density at radius 3 is 2.26 bits per heavy atom. The number of hydrogen-bond donors (Lipinski definition) is 1. The quantitative estimate of drug-likeness (QED) is 0.590. The van der Waals surface area contributed by atoms with Crippen LogP contribution in [0.2, 0.25) is 5.02 Å². The summed E-state index contributed by atoms with van der Waals surface area (Å²) in [6, 6.07) is 6.15. The molecule has 2 heterocycles. The van der Waals surface area contributed by atoms with Gasteiger partial charge in [0.25, 0.3) is 5.91 Å². The normalized spacial score (nSPS) is 20.3. The molecule has 0 aromatic heterocycles. The van der Waals surface area contributed by atoms with E-state index in [-0.39, 0.29) is 27.6 Å². The molecule has 2 atom stereocenters. The summed E-state index contributed by atoms with van der Waals surface area (Å²) in [7, 11) is -2.25. The SMILES string of the molecule is COc1ccc(S(=O)(=O)NC(C)(C)C)cc1N1[C@@H]2CC[C@H]1CN(C(=O)c1cc(F)c(F)cc1Cl)C2. The molecular formula is C24H28ClF2N3O4S. The first-order valence-corrected chi connectivity index (χ1v) is 13.1. The molecule has 2 aliphatic rings. The number of carbonyl (C=O) groups is 1. The van der Waals surface area contributed by atoms with E-state index in [0.29, 0.717) is 24.5 Å². The Hall–Kier alpha value is -2.43. The molecule has 0 unspecified atom stereocenters. The van der Waals surface area contributed by atoms with Crippen LogP contribution in [0.4, 0.5) is 14.5 Å². The zero-order valence-corrected chi connectivity index (χ0v) is 21.5. The van der Waals surface area contributed by atoms with Crippen LogP contribution in [0.3, 0.4) is 0 Å². The summed E-state index contributed by atoms with van der Waals surface area (Å²) in [6.07, 6.45) is 1.56. The highest BCUT2D eigenvalue weighted by Crippen LogP contribution is 2.41. The van der Waals surface area contributed by atoms with Gasteiger partial charge in [-0.3, -0.25) is 4.79 Å². The molecule has 0 spiro atoms. The van der Waals surface area contributed by atoms with Crippen molar-refractivity contribution in [1.82, 2.24) is 9.62 Å². The average Bonchev–Trinajstić information content (AvgIpc) is 3.02. The van der Waals surface area contributed by atoms with Gasteiger partial charge in [-0.25, -0.2) is 21.9 Å². The molecule has 2 aromatic rings. The first kappa shape index (κ1) is 25.7. The number of carbonyl (C=O) groups excluding carboxylic acids is 1. The molecule has 2 aliphatic heterocycles. The fourth-order valence-corrected chi connectivity index (χ4v) is 6.49. The maximum absolute atomic E-state index is 13.8. The molecule has 1 N–H and O–H groups in total. The van der Waals surface area contributed by atoms with Crippen molar-refractivity contribution >= 4 is 33.2 Å². The zero-order chi connectivity index (χ0) is 25.7. The van der Waals surface area contributed by atoms with Crippen LogP contribution in [-0.4, -0.2) is 57.0 Å². The van der Waals surface area contributed by atoms with Crippen molar-refractivity contribution in [3.8, 4) is 5.75 Å². The Morgan fingerprint density at radius 1 is 1.09 bits per heavy atom. The van der Waals surface area contributed by atoms with E-state index >= 15 is 0 Å². The van der Waals surface area contributed by atoms with Crippen molar-refractivity contribution in [1.29, 1.82) is 0 Å². The highest BCUT2D eigenvalue weighted by molar-refractivity contribution is 7.89. The van der Waals surface area contributed by atoms with E-state index in [4.69, 9.17) is 16.3 Å². The largest absolute Gasteiger partial charge is 0.495 e. The van der Waals surface area contributed by atoms with Crippen LogP contribution in [0.25, 0.3) is 0 Å². The van der Waals surface area contributed by atoms with Crippen LogP contribution >= 0.6 is 11.6 Å². The van der Waals surface area contributed by atoms with Gasteiger partial charge in [0.15, 0.2) is 11.6 Å². The molecule has 4 rings (SSSR count). The van der Waals surface area contributed by atoms with Gasteiger partial charge >= 0.3 is 0 Å². The number of benzene rings is 2. The lowest BCUT2D eigenvalue weighted by atomic mass is 10.1. The topological polar surface area (TPSA) is 79.0 Å². The lowest BCUT2D eigenvalue weighted by Crippen LogP contribution is -2.55. The van der Waals surface area contributed by atoms with Gasteiger partial charge in [-0.05, 0) is 63.9 Å². The summed E-state index contributed by atoms with van der Waals surface area (Å²) in [5, 5.41) is -0.144. The van der Waals surface area contributed by atoms with Crippen LogP contribution in [0.5, 0.6) is 5.75 Å². The standard InChI is InChI=1S/C24H28ClF2N3O4S/c1-24(2,3)28-35(32,33)16-7-8-22(34-4)21(9-16)30-14-5-6-15(30)13-29(12-14)23(31)17-10-19(26)20(27)11-18(17)25/h7-11,14-15,28H,5-6,12-13H2,1-4H3/t14-,15+. The van der Waals surface area contributed by atoms with Crippen molar-refractivity contribution in [2.45, 2.75) is 56.1 Å². The van der Waals surface area contributed by atoms with E-state index in [1.807, 2.05) is 0 Å². The number of fused-ring (bicyclic) bond motifs is 2. The van der Waals surface area contributed by atoms with Crippen molar-refractivity contribution < 1.29 is 26.7 Å². The summed E-state index contributed by atoms with van der Waals surface area (Å²) in [5.74, 6) is -2.19. The Bertz CT molecular complexity index is 1250. The molecule has 1 amide bonds. The van der Waals surface area contributed by atoms with E-state index < -0.39 is 33.1 Å². The van der Waals surface area contributed by atoms with Gasteiger partial charge in [-0.1, -0.05) is 11.6 Å². The third kappa shape index (κ3) is 5.10. The summed E-state index contributed by atoms with van der Waals surface area (Å²) < 4.78 is 61.3. The van der Waals surface area contributed by atoms with Gasteiger partial charge in [0.2, 0.25) is 10.0 Å². The fourth-order valence-electron chi connectivity index (χ4n) is 4.82. The van der Waals surface area contributed by atoms with Crippen molar-refractivity contribution in [3.05, 3.63) is 52.6 Å². The van der Waals surface area contributed by atoms with E-state index in [1.54, 1.807) is 37.8 Å². The number of anilines is 1. The summed E-state index contributed by atoms with van der Waals surface area (Å²) in [4.78, 5) is 16.9. The molecule has 2 aromatic carbocycles. The number of piperazine rings is 1. The Labute approximate surface area is 209 Å². The number of nitrogens with one attached hydrogen (secondary N) is 1. The second-order valence-electron chi connectivity index (χ2n) is 9.94. The zero-order valence-electron chi connectivity index (χ0n) is 19.9. The number of ether oxygens (including phenoxy) is 1. The molecule has 0 saturated carbocycles. The third-order valence-electron chi connectivity index (χ3n) is 6.19. The molecule has 2 bridgehead atoms. The number of nitrogens with zero attached hydrogens (tertiary/aromatic N) is 2. The predicted octanol–water partition coefficient (Wildman–Crippen LogP) is 4.20. The number of halogens is 3. The molecule has 11 heteroatoms. The van der Waals surface area contributed by atoms with Gasteiger partial charge in [-0.15, -0.1) is 0 Å². The third-order valence-corrected chi connectivity index (χ3v) is 8.26. The molecule has 7 nitrogen and oxygen atoms in total. The number of sulfonamides is 1. The van der Waals surface area contributed by atoms with E-state index in [2.05, 4.69) is 9.62 Å². The fraction of sp³-hybridized carbons (Fsp3) is 0.458. The number of likely N-dealkylation sites (tertiary alicyclic amines) is 1. The molecule has 190 valence electrons. The van der Waals surface area contributed by atoms with Gasteiger partial charge in [-0.2, -0.15) is 0 Å². The minimum absolute atomic E-state index is 0.0858. The van der Waals surface area contributed by atoms with Gasteiger partial charge in [0.1, 0.15) is 5.75 Å². The molecule has 2 fully saturated rings. The number of hydrogen-bond acceptors (Lipinski definition) is 5. The summed E-state index contributed by atoms with van der Waals surface area (Å²) in [5.41, 5.74) is -0.0996. The summed E-state index contributed by atoms with van der Waals surface area (Å²) >= 11 is 6.03. The smallest absolute Gasteiger partial charge is 0.255 e. The lowest BCUT2D eigenvalue weighted by Gasteiger charge is -2.43. The van der Waals surface area contributed by atoms with E-state index in [9.17, 15) is 22.0 Å². The maximum atomic E-state index is 13.8. The number of methoxy groups -OCH3 is 1. The average molecular weight is 528 g/mol. The Kier molecular flexibility index (Phi) is 6.76. The van der Waals surface area contributed by atoms with E-state index in [1.165, 1.54) is 13.2 Å². The van der Waals surface area contributed by atoms with Crippen LogP contribution in [0, 0.1) is 11.6 Å². The summed E-state index contributed by atoms with van der Waals surface area (Å²) in [6.45, 7) is 5.95. The maximum Gasteiger partial charge on any atom is 0.255 e. The van der Waals surface area contributed by atoms with Crippen LogP contribution in [-0.2, 0) is 10.0 Å². The molecule has 0 aliphatic carbocycles. The molecular weight excluding hydrogens is 500 g/mol. The Balaban J connectivity index is 1.63. The van der Waals surface area contributed by atoms with Crippen molar-refractivity contribution in [2.75, 3.05) is 25.1 Å². The van der Waals surface area contributed by atoms with Crippen molar-refractivity contribution in [3.63, 3.8) is 0 Å². The van der Waals surface area contributed by atoms with Crippen molar-refractivity contribution in [2.24, 2.45) is 0 Å². The monoisotopic (exact) mass is 527 g/mol. The van der Waals surface area contributed by atoms with Gasteiger partial charge in [0.05, 0.1) is 28.3 Å². The molecule has 0 radical (unpaired) electrons. The van der Waals surface area contributed by atoms with Gasteiger partial charge < -0.3 is 14.5 Å². The first-order chi connectivity index (χ1) is 16.3. The molecule has 35 heavy (non-hydrogen) atoms. The number of amides is 1. The second kappa shape index (κ2) is 9.22. The van der Waals surface area contributed by atoms with Crippen LogP contribution < -0.4 is 14.4 Å². The minimum atomic E-state index is -3.77. The highest BCUT2D eigenvalue weighted by Gasteiger charge is 2.43. The first-order valence-electron chi connectivity index (χ1n) is 11.2. The van der Waals surface area contributed by atoms with E-state index in [0.717, 1.165) is 25.0 Å². The minimum Gasteiger partial charge on any atom is -0.495 e. The number of rotatable bonds is 5. The Morgan fingerprint density at radius 2 is 1.69 bits per heavy atom. The van der Waals surface area contributed by atoms with Crippen LogP contribution in [0.1, 0.15) is 44.0 Å². The second-order valence-corrected chi connectivity index (χ2v) is 12.0. The lowest BCUT2D eigenvalue weighted by molar-refractivity contribution is 0.0717. The highest BCUT2D eigenvalue weighted by atomic mass is 35.5.